The lowest BCUT2D eigenvalue weighted by Gasteiger charge is -2.21. The van der Waals surface area contributed by atoms with E-state index < -0.39 is 97.5 Å². The second kappa shape index (κ2) is 74.5. The Morgan fingerprint density at radius 3 is 0.745 bits per heavy atom. The Morgan fingerprint density at radius 2 is 0.500 bits per heavy atom. The predicted molar refractivity (Wildman–Crippen MR) is 418 cm³/mol. The Labute approximate surface area is 626 Å². The van der Waals surface area contributed by atoms with Crippen LogP contribution >= 0.6 is 15.6 Å². The number of carbonyl (C=O) groups is 4. The molecule has 3 N–H and O–H groups in total. The quantitative estimate of drug-likeness (QED) is 0.0222. The highest BCUT2D eigenvalue weighted by Gasteiger charge is 2.30. The number of hydrogen-bond donors (Lipinski definition) is 3. The normalized spacial score (nSPS) is 14.1. The summed E-state index contributed by atoms with van der Waals surface area (Å²) in [5, 5.41) is 10.7. The van der Waals surface area contributed by atoms with Gasteiger partial charge in [0.25, 0.3) is 0 Å². The largest absolute Gasteiger partial charge is 0.472 e. The minimum atomic E-state index is -4.96. The summed E-state index contributed by atoms with van der Waals surface area (Å²) < 4.78 is 68.8. The average molecular weight is 1490 g/mol. The van der Waals surface area contributed by atoms with Gasteiger partial charge in [0.1, 0.15) is 19.3 Å². The van der Waals surface area contributed by atoms with Crippen molar-refractivity contribution in [2.45, 2.75) is 458 Å². The first kappa shape index (κ1) is 100. The zero-order chi connectivity index (χ0) is 74.9. The molecule has 0 aromatic rings. The maximum Gasteiger partial charge on any atom is 0.472 e. The van der Waals surface area contributed by atoms with Crippen LogP contribution < -0.4 is 0 Å². The van der Waals surface area contributed by atoms with Gasteiger partial charge in [-0.25, -0.2) is 9.13 Å². The van der Waals surface area contributed by atoms with Gasteiger partial charge in [-0.05, 0) is 37.5 Å². The Hall–Kier alpha value is -1.94. The van der Waals surface area contributed by atoms with Crippen LogP contribution in [0.5, 0.6) is 0 Å². The molecular formula is C83H162O17P2. The van der Waals surface area contributed by atoms with E-state index in [9.17, 15) is 43.2 Å². The molecule has 6 atom stereocenters. The fourth-order valence-corrected chi connectivity index (χ4v) is 14.4. The zero-order valence-electron chi connectivity index (χ0n) is 66.9. The van der Waals surface area contributed by atoms with E-state index in [1.54, 1.807) is 0 Å². The summed E-state index contributed by atoms with van der Waals surface area (Å²) in [7, 11) is -9.92. The number of esters is 4. The molecule has 102 heavy (non-hydrogen) atoms. The van der Waals surface area contributed by atoms with E-state index in [2.05, 4.69) is 41.5 Å². The molecule has 0 rings (SSSR count). The van der Waals surface area contributed by atoms with Crippen LogP contribution in [0.4, 0.5) is 0 Å². The SMILES string of the molecule is CCCCCCCCCCCCCCCC(=O)OC[C@H](COP(=O)(O)OC[C@H](O)COP(=O)(O)OC[C@@H](COC(=O)CCCCCCCCCCCCCCCCC(C)CC)OC(=O)CCCCCCCCCCCCCCCCCC(C)C)OC(=O)CCCCCCCCCCCCCCC. The lowest BCUT2D eigenvalue weighted by atomic mass is 9.99. The van der Waals surface area contributed by atoms with Crippen LogP contribution in [0, 0.1) is 11.8 Å². The molecular weight excluding hydrogens is 1330 g/mol. The number of phosphoric ester groups is 2. The Balaban J connectivity index is 5.26. The number of aliphatic hydroxyl groups is 1. The summed E-state index contributed by atoms with van der Waals surface area (Å²) in [5.41, 5.74) is 0. The van der Waals surface area contributed by atoms with Gasteiger partial charge >= 0.3 is 39.5 Å². The molecule has 0 bridgehead atoms. The summed E-state index contributed by atoms with van der Waals surface area (Å²) in [5.74, 6) is -0.450. The Kier molecular flexibility index (Phi) is 73.1. The van der Waals surface area contributed by atoms with Gasteiger partial charge in [0.15, 0.2) is 12.2 Å². The smallest absolute Gasteiger partial charge is 0.462 e. The van der Waals surface area contributed by atoms with Crippen molar-refractivity contribution in [2.75, 3.05) is 39.6 Å². The van der Waals surface area contributed by atoms with Crippen molar-refractivity contribution in [3.8, 4) is 0 Å². The van der Waals surface area contributed by atoms with E-state index in [-0.39, 0.29) is 25.7 Å². The number of ether oxygens (including phenoxy) is 4. The number of phosphoric acid groups is 2. The van der Waals surface area contributed by atoms with Gasteiger partial charge in [0.2, 0.25) is 0 Å². The minimum absolute atomic E-state index is 0.108. The van der Waals surface area contributed by atoms with Crippen LogP contribution in [-0.4, -0.2) is 96.7 Å². The standard InChI is InChI=1S/C83H162O17P2/c1-7-10-12-14-16-18-20-27-35-41-47-53-59-65-80(85)93-71-78(99-82(87)67-61-55-49-43-37-28-21-19-17-15-13-11-8-2)73-97-101(89,90)95-69-77(84)70-96-102(91,92)98-74-79(100-83(88)68-62-56-50-44-38-32-24-22-23-29-33-39-45-51-57-63-75(4)5)72-94-81(86)66-60-54-48-42-36-31-26-25-30-34-40-46-52-58-64-76(6)9-3/h75-79,84H,7-74H2,1-6H3,(H,89,90)(H,91,92)/t76?,77-,78+,79+/m0/s1. The maximum atomic E-state index is 13.1. The fourth-order valence-electron chi connectivity index (χ4n) is 12.9. The fraction of sp³-hybridized carbons (Fsp3) is 0.952. The summed E-state index contributed by atoms with van der Waals surface area (Å²) >= 11 is 0. The third-order valence-corrected chi connectivity index (χ3v) is 21.7. The topological polar surface area (TPSA) is 237 Å². The highest BCUT2D eigenvalue weighted by atomic mass is 31.2. The highest BCUT2D eigenvalue weighted by Crippen LogP contribution is 2.45. The van der Waals surface area contributed by atoms with Crippen LogP contribution in [0.1, 0.15) is 440 Å². The Bertz CT molecular complexity index is 1960. The van der Waals surface area contributed by atoms with E-state index in [1.165, 1.54) is 257 Å². The van der Waals surface area contributed by atoms with Gasteiger partial charge < -0.3 is 33.8 Å². The van der Waals surface area contributed by atoms with E-state index >= 15 is 0 Å². The van der Waals surface area contributed by atoms with Gasteiger partial charge in [-0.15, -0.1) is 0 Å². The first-order chi connectivity index (χ1) is 49.4. The van der Waals surface area contributed by atoms with Crippen molar-refractivity contribution in [1.29, 1.82) is 0 Å². The molecule has 0 heterocycles. The van der Waals surface area contributed by atoms with Crippen molar-refractivity contribution in [1.82, 2.24) is 0 Å². The van der Waals surface area contributed by atoms with Crippen LogP contribution in [0.2, 0.25) is 0 Å². The van der Waals surface area contributed by atoms with E-state index in [0.717, 1.165) is 102 Å². The zero-order valence-corrected chi connectivity index (χ0v) is 68.7. The molecule has 0 aliphatic carbocycles. The van der Waals surface area contributed by atoms with Crippen LogP contribution in [-0.2, 0) is 65.4 Å². The first-order valence-electron chi connectivity index (χ1n) is 43.0. The van der Waals surface area contributed by atoms with Gasteiger partial charge in [-0.2, -0.15) is 0 Å². The molecule has 0 saturated heterocycles. The molecule has 0 radical (unpaired) electrons. The van der Waals surface area contributed by atoms with Crippen LogP contribution in [0.3, 0.4) is 0 Å². The van der Waals surface area contributed by atoms with Crippen molar-refractivity contribution < 1.29 is 80.2 Å². The van der Waals surface area contributed by atoms with Gasteiger partial charge in [-0.1, -0.05) is 388 Å². The molecule has 606 valence electrons. The van der Waals surface area contributed by atoms with Gasteiger partial charge in [0.05, 0.1) is 26.4 Å². The molecule has 3 unspecified atom stereocenters. The van der Waals surface area contributed by atoms with Gasteiger partial charge in [0, 0.05) is 25.7 Å². The number of aliphatic hydroxyl groups excluding tert-OH is 1. The number of rotatable bonds is 82. The van der Waals surface area contributed by atoms with Crippen molar-refractivity contribution >= 4 is 39.5 Å². The molecule has 0 spiro atoms. The lowest BCUT2D eigenvalue weighted by Crippen LogP contribution is -2.30. The molecule has 0 aliphatic heterocycles. The van der Waals surface area contributed by atoms with Crippen LogP contribution in [0.15, 0.2) is 0 Å². The van der Waals surface area contributed by atoms with E-state index in [1.807, 2.05) is 0 Å². The third kappa shape index (κ3) is 74.9. The number of carbonyl (C=O) groups excluding carboxylic acids is 4. The van der Waals surface area contributed by atoms with Crippen molar-refractivity contribution in [2.24, 2.45) is 11.8 Å². The average Bonchev–Trinajstić information content (AvgIpc) is 0.908. The molecule has 19 heteroatoms. The summed E-state index contributed by atoms with van der Waals surface area (Å²) in [6.07, 6.45) is 65.0. The summed E-state index contributed by atoms with van der Waals surface area (Å²) in [6, 6.07) is 0. The van der Waals surface area contributed by atoms with Crippen LogP contribution in [0.25, 0.3) is 0 Å². The summed E-state index contributed by atoms with van der Waals surface area (Å²) in [4.78, 5) is 73.1. The predicted octanol–water partition coefficient (Wildman–Crippen LogP) is 25.1. The van der Waals surface area contributed by atoms with Gasteiger partial charge in [-0.3, -0.25) is 37.3 Å². The van der Waals surface area contributed by atoms with Crippen molar-refractivity contribution in [3.63, 3.8) is 0 Å². The first-order valence-corrected chi connectivity index (χ1v) is 46.0. The molecule has 0 saturated carbocycles. The lowest BCUT2D eigenvalue weighted by molar-refractivity contribution is -0.161. The van der Waals surface area contributed by atoms with Crippen molar-refractivity contribution in [3.05, 3.63) is 0 Å². The number of hydrogen-bond acceptors (Lipinski definition) is 15. The number of unbranched alkanes of at least 4 members (excludes halogenated alkanes) is 51. The molecule has 0 aliphatic rings. The van der Waals surface area contributed by atoms with E-state index in [4.69, 9.17) is 37.0 Å². The molecule has 0 amide bonds. The summed E-state index contributed by atoms with van der Waals surface area (Å²) in [6.45, 7) is 9.74. The minimum Gasteiger partial charge on any atom is -0.462 e. The maximum absolute atomic E-state index is 13.1. The Morgan fingerprint density at radius 1 is 0.284 bits per heavy atom. The molecule has 0 fully saturated rings. The van der Waals surface area contributed by atoms with E-state index in [0.29, 0.717) is 25.7 Å². The monoisotopic (exact) mass is 1490 g/mol. The second-order valence-electron chi connectivity index (χ2n) is 30.6. The molecule has 0 aromatic carbocycles. The third-order valence-electron chi connectivity index (χ3n) is 19.8. The highest BCUT2D eigenvalue weighted by molar-refractivity contribution is 7.47. The molecule has 0 aromatic heterocycles. The molecule has 17 nitrogen and oxygen atoms in total. The second-order valence-corrected chi connectivity index (χ2v) is 33.5.